The molecule has 1 amide bonds. The second-order valence-electron chi connectivity index (χ2n) is 6.21. The summed E-state index contributed by atoms with van der Waals surface area (Å²) in [5.74, 6) is -0.0110. The summed E-state index contributed by atoms with van der Waals surface area (Å²) in [5, 5.41) is 15.1. The highest BCUT2D eigenvalue weighted by molar-refractivity contribution is 8.02. The first-order valence-electron chi connectivity index (χ1n) is 8.68. The first-order chi connectivity index (χ1) is 13.0. The summed E-state index contributed by atoms with van der Waals surface area (Å²) in [4.78, 5) is 12.3. The van der Waals surface area contributed by atoms with Crippen molar-refractivity contribution in [2.75, 3.05) is 5.32 Å². The van der Waals surface area contributed by atoms with Gasteiger partial charge in [-0.3, -0.25) is 4.79 Å². The maximum absolute atomic E-state index is 12.3. The fourth-order valence-electron chi connectivity index (χ4n) is 2.44. The van der Waals surface area contributed by atoms with E-state index in [1.165, 1.54) is 34.2 Å². The van der Waals surface area contributed by atoms with Crippen LogP contribution in [0.3, 0.4) is 0 Å². The number of aromatic nitrogens is 2. The van der Waals surface area contributed by atoms with Gasteiger partial charge in [0.25, 0.3) is 0 Å². The van der Waals surface area contributed by atoms with E-state index in [9.17, 15) is 4.79 Å². The van der Waals surface area contributed by atoms with E-state index in [0.717, 1.165) is 20.7 Å². The minimum Gasteiger partial charge on any atom is -0.351 e. The number of hydrogen-bond donors (Lipinski definition) is 2. The maximum Gasteiger partial charge on any atom is 0.233 e. The van der Waals surface area contributed by atoms with Crippen molar-refractivity contribution < 1.29 is 4.79 Å². The highest BCUT2D eigenvalue weighted by atomic mass is 32.2. The molecule has 3 aromatic rings. The number of carbonyl (C=O) groups is 1. The molecule has 1 heterocycles. The lowest BCUT2D eigenvalue weighted by atomic mass is 10.1. The molecule has 3 rings (SSSR count). The van der Waals surface area contributed by atoms with Gasteiger partial charge in [0, 0.05) is 12.2 Å². The summed E-state index contributed by atoms with van der Waals surface area (Å²) in [6.45, 7) is 6.56. The van der Waals surface area contributed by atoms with Crippen molar-refractivity contribution in [3.8, 4) is 0 Å². The monoisotopic (exact) mass is 398 g/mol. The molecule has 0 radical (unpaired) electrons. The van der Waals surface area contributed by atoms with Gasteiger partial charge < -0.3 is 10.6 Å². The molecule has 1 aromatic heterocycles. The number of thioether (sulfide) groups is 1. The van der Waals surface area contributed by atoms with E-state index in [-0.39, 0.29) is 11.2 Å². The number of hydrogen-bond acceptors (Lipinski definition) is 6. The lowest BCUT2D eigenvalue weighted by Crippen LogP contribution is -2.30. The van der Waals surface area contributed by atoms with E-state index < -0.39 is 0 Å². The Morgan fingerprint density at radius 3 is 2.67 bits per heavy atom. The number of amides is 1. The van der Waals surface area contributed by atoms with Crippen LogP contribution in [0, 0.1) is 13.8 Å². The molecule has 0 saturated heterocycles. The third-order valence-electron chi connectivity index (χ3n) is 4.21. The minimum absolute atomic E-state index is 0.0110. The van der Waals surface area contributed by atoms with E-state index in [2.05, 4.69) is 40.7 Å². The van der Waals surface area contributed by atoms with E-state index in [0.29, 0.717) is 6.54 Å². The van der Waals surface area contributed by atoms with Gasteiger partial charge in [0.1, 0.15) is 0 Å². The number of rotatable bonds is 7. The van der Waals surface area contributed by atoms with Crippen LogP contribution in [0.5, 0.6) is 0 Å². The predicted octanol–water partition coefficient (Wildman–Crippen LogP) is 4.70. The van der Waals surface area contributed by atoms with Crippen LogP contribution in [0.15, 0.2) is 52.9 Å². The molecule has 2 aromatic carbocycles. The molecule has 0 saturated carbocycles. The molecule has 5 nitrogen and oxygen atoms in total. The van der Waals surface area contributed by atoms with Crippen LogP contribution in [0.1, 0.15) is 23.6 Å². The molecule has 2 N–H and O–H groups in total. The first-order valence-corrected chi connectivity index (χ1v) is 10.4. The maximum atomic E-state index is 12.3. The van der Waals surface area contributed by atoms with E-state index >= 15 is 0 Å². The number of carbonyl (C=O) groups excluding carboxylic acids is 1. The molecule has 0 aliphatic rings. The molecular formula is C20H22N4OS2. The summed E-state index contributed by atoms with van der Waals surface area (Å²) >= 11 is 2.87. The topological polar surface area (TPSA) is 66.9 Å². The van der Waals surface area contributed by atoms with Crippen LogP contribution in [0.4, 0.5) is 10.8 Å². The SMILES string of the molecule is Cc1cccc(Nc2nnc(S[C@H](C)C(=O)NCc3ccccc3)s2)c1C. The standard InChI is InChI=1S/C20H22N4OS2/c1-13-8-7-11-17(14(13)2)22-19-23-24-20(27-19)26-15(3)18(25)21-12-16-9-5-4-6-10-16/h4-11,15H,12H2,1-3H3,(H,21,25)(H,22,23)/t15-/m1/s1. The van der Waals surface area contributed by atoms with Gasteiger partial charge in [-0.05, 0) is 43.5 Å². The van der Waals surface area contributed by atoms with Crippen LogP contribution < -0.4 is 10.6 Å². The molecular weight excluding hydrogens is 376 g/mol. The highest BCUT2D eigenvalue weighted by Crippen LogP contribution is 2.31. The zero-order valence-electron chi connectivity index (χ0n) is 15.5. The second kappa shape index (κ2) is 9.01. The number of nitrogens with one attached hydrogen (secondary N) is 2. The molecule has 140 valence electrons. The molecule has 0 unspecified atom stereocenters. The van der Waals surface area contributed by atoms with E-state index in [1.54, 1.807) is 0 Å². The summed E-state index contributed by atoms with van der Waals surface area (Å²) in [5.41, 5.74) is 4.52. The molecule has 0 aliphatic heterocycles. The molecule has 0 bridgehead atoms. The number of benzene rings is 2. The quantitative estimate of drug-likeness (QED) is 0.565. The van der Waals surface area contributed by atoms with Crippen LogP contribution in [-0.2, 0) is 11.3 Å². The minimum atomic E-state index is -0.241. The Bertz CT molecular complexity index is 911. The van der Waals surface area contributed by atoms with Gasteiger partial charge in [-0.1, -0.05) is 65.6 Å². The smallest absolute Gasteiger partial charge is 0.233 e. The average molecular weight is 399 g/mol. The molecule has 0 fully saturated rings. The van der Waals surface area contributed by atoms with E-state index in [1.807, 2.05) is 49.4 Å². The van der Waals surface area contributed by atoms with Crippen molar-refractivity contribution in [3.05, 3.63) is 65.2 Å². The fraction of sp³-hybridized carbons (Fsp3) is 0.250. The average Bonchev–Trinajstić information content (AvgIpc) is 3.11. The lowest BCUT2D eigenvalue weighted by molar-refractivity contribution is -0.120. The molecule has 7 heteroatoms. The third kappa shape index (κ3) is 5.30. The summed E-state index contributed by atoms with van der Waals surface area (Å²) in [6.07, 6.45) is 0. The summed E-state index contributed by atoms with van der Waals surface area (Å²) < 4.78 is 0.769. The molecule has 1 atom stereocenters. The van der Waals surface area contributed by atoms with Crippen LogP contribution in [0.2, 0.25) is 0 Å². The Hall–Kier alpha value is -2.38. The van der Waals surface area contributed by atoms with E-state index in [4.69, 9.17) is 0 Å². The van der Waals surface area contributed by atoms with Crippen molar-refractivity contribution in [1.29, 1.82) is 0 Å². The third-order valence-corrected chi connectivity index (χ3v) is 6.23. The van der Waals surface area contributed by atoms with Crippen molar-refractivity contribution in [2.45, 2.75) is 36.9 Å². The van der Waals surface area contributed by atoms with Gasteiger partial charge in [0.15, 0.2) is 4.34 Å². The molecule has 27 heavy (non-hydrogen) atoms. The number of anilines is 2. The van der Waals surface area contributed by atoms with Crippen LogP contribution in [0.25, 0.3) is 0 Å². The summed E-state index contributed by atoms with van der Waals surface area (Å²) in [6, 6.07) is 16.0. The van der Waals surface area contributed by atoms with Gasteiger partial charge in [0.05, 0.1) is 5.25 Å². The first kappa shape index (κ1) is 19.4. The molecule has 0 spiro atoms. The Morgan fingerprint density at radius 2 is 1.89 bits per heavy atom. The van der Waals surface area contributed by atoms with Crippen molar-refractivity contribution >= 4 is 39.8 Å². The van der Waals surface area contributed by atoms with Crippen molar-refractivity contribution in [3.63, 3.8) is 0 Å². The van der Waals surface area contributed by atoms with Gasteiger partial charge in [-0.25, -0.2) is 0 Å². The highest BCUT2D eigenvalue weighted by Gasteiger charge is 2.17. The Kier molecular flexibility index (Phi) is 6.47. The zero-order chi connectivity index (χ0) is 19.2. The Balaban J connectivity index is 1.55. The summed E-state index contributed by atoms with van der Waals surface area (Å²) in [7, 11) is 0. The Labute approximate surface area is 167 Å². The van der Waals surface area contributed by atoms with Gasteiger partial charge in [0.2, 0.25) is 11.0 Å². The van der Waals surface area contributed by atoms with Crippen LogP contribution >= 0.6 is 23.1 Å². The van der Waals surface area contributed by atoms with Crippen molar-refractivity contribution in [2.24, 2.45) is 0 Å². The zero-order valence-corrected chi connectivity index (χ0v) is 17.2. The largest absolute Gasteiger partial charge is 0.351 e. The fourth-order valence-corrected chi connectivity index (χ4v) is 4.38. The van der Waals surface area contributed by atoms with Gasteiger partial charge in [-0.15, -0.1) is 10.2 Å². The number of nitrogens with zero attached hydrogens (tertiary/aromatic N) is 2. The van der Waals surface area contributed by atoms with Crippen LogP contribution in [-0.4, -0.2) is 21.4 Å². The number of aryl methyl sites for hydroxylation is 1. The molecule has 0 aliphatic carbocycles. The van der Waals surface area contributed by atoms with Gasteiger partial charge >= 0.3 is 0 Å². The predicted molar refractivity (Wildman–Crippen MR) is 113 cm³/mol. The lowest BCUT2D eigenvalue weighted by Gasteiger charge is -2.10. The normalized spacial score (nSPS) is 11.8. The second-order valence-corrected chi connectivity index (χ2v) is 8.77. The Morgan fingerprint density at radius 1 is 1.11 bits per heavy atom. The van der Waals surface area contributed by atoms with Gasteiger partial charge in [-0.2, -0.15) is 0 Å². The van der Waals surface area contributed by atoms with Crippen molar-refractivity contribution in [1.82, 2.24) is 15.5 Å².